The summed E-state index contributed by atoms with van der Waals surface area (Å²) >= 11 is 0. The topological polar surface area (TPSA) is 134 Å². The number of carbonyl (C=O) groups excluding carboxylic acids is 5. The summed E-state index contributed by atoms with van der Waals surface area (Å²) in [6.07, 6.45) is 0.606. The number of hydrogen-bond donors (Lipinski definition) is 3. The Labute approximate surface area is 253 Å². The summed E-state index contributed by atoms with van der Waals surface area (Å²) in [6.45, 7) is 11.6. The molecule has 1 fully saturated rings. The first-order valence-corrected chi connectivity index (χ1v) is 14.9. The lowest BCUT2D eigenvalue weighted by molar-refractivity contribution is -0.150. The first-order valence-electron chi connectivity index (χ1n) is 14.9. The van der Waals surface area contributed by atoms with Crippen LogP contribution >= 0.6 is 0 Å². The molecule has 2 aromatic rings. The highest BCUT2D eigenvalue weighted by Crippen LogP contribution is 2.48. The van der Waals surface area contributed by atoms with Crippen LogP contribution in [0.1, 0.15) is 70.3 Å². The van der Waals surface area contributed by atoms with Gasteiger partial charge in [0.15, 0.2) is 0 Å². The molecule has 0 saturated heterocycles. The number of ketones is 1. The molecule has 232 valence electrons. The van der Waals surface area contributed by atoms with Crippen LogP contribution in [-0.2, 0) is 30.4 Å². The molecule has 1 aliphatic rings. The smallest absolute Gasteiger partial charge is 0.356 e. The molecule has 3 atom stereocenters. The Morgan fingerprint density at radius 1 is 0.884 bits per heavy atom. The average Bonchev–Trinajstić information content (AvgIpc) is 3.72. The molecule has 3 amide bonds. The maximum absolute atomic E-state index is 13.7. The highest BCUT2D eigenvalue weighted by molar-refractivity contribution is 6.36. The van der Waals surface area contributed by atoms with E-state index >= 15 is 0 Å². The van der Waals surface area contributed by atoms with Gasteiger partial charge in [0.1, 0.15) is 11.6 Å². The predicted octanol–water partition coefficient (Wildman–Crippen LogP) is 3.62. The third-order valence-corrected chi connectivity index (χ3v) is 7.37. The van der Waals surface area contributed by atoms with E-state index in [0.717, 1.165) is 5.01 Å². The lowest BCUT2D eigenvalue weighted by Crippen LogP contribution is -2.59. The molecular weight excluding hydrogens is 548 g/mol. The molecule has 0 bridgehead atoms. The molecule has 43 heavy (non-hydrogen) atoms. The van der Waals surface area contributed by atoms with E-state index in [-0.39, 0.29) is 43.1 Å². The maximum Gasteiger partial charge on any atom is 0.356 e. The van der Waals surface area contributed by atoms with Crippen LogP contribution in [0.15, 0.2) is 60.7 Å². The van der Waals surface area contributed by atoms with Gasteiger partial charge in [-0.05, 0) is 54.2 Å². The van der Waals surface area contributed by atoms with Crippen LogP contribution in [0.5, 0.6) is 0 Å². The Bertz CT molecular complexity index is 1280. The van der Waals surface area contributed by atoms with Crippen LogP contribution in [0.2, 0.25) is 0 Å². The molecule has 1 saturated carbocycles. The van der Waals surface area contributed by atoms with Crippen molar-refractivity contribution in [3.8, 4) is 0 Å². The van der Waals surface area contributed by atoms with Gasteiger partial charge in [0, 0.05) is 13.0 Å². The third kappa shape index (κ3) is 9.22. The highest BCUT2D eigenvalue weighted by atomic mass is 16.7. The van der Waals surface area contributed by atoms with Gasteiger partial charge in [0.25, 0.3) is 5.91 Å². The molecule has 10 nitrogen and oxygen atoms in total. The number of carbonyl (C=O) groups is 5. The lowest BCUT2D eigenvalue weighted by atomic mass is 10.0. The second-order valence-corrected chi connectivity index (χ2v) is 12.4. The van der Waals surface area contributed by atoms with E-state index < -0.39 is 41.1 Å². The van der Waals surface area contributed by atoms with Crippen LogP contribution in [0.3, 0.4) is 0 Å². The first-order chi connectivity index (χ1) is 20.3. The monoisotopic (exact) mass is 592 g/mol. The van der Waals surface area contributed by atoms with Crippen molar-refractivity contribution in [1.29, 1.82) is 0 Å². The Balaban J connectivity index is 1.74. The molecule has 0 aliphatic heterocycles. The van der Waals surface area contributed by atoms with Gasteiger partial charge in [-0.1, -0.05) is 90.1 Å². The van der Waals surface area contributed by atoms with Crippen molar-refractivity contribution in [2.75, 3.05) is 6.54 Å². The van der Waals surface area contributed by atoms with E-state index in [1.54, 1.807) is 54.6 Å². The Kier molecular flexibility index (Phi) is 11.6. The summed E-state index contributed by atoms with van der Waals surface area (Å²) < 4.78 is 0. The number of hydroxylamine groups is 1. The molecule has 1 aliphatic carbocycles. The van der Waals surface area contributed by atoms with Gasteiger partial charge in [0.2, 0.25) is 11.7 Å². The number of amides is 3. The zero-order chi connectivity index (χ0) is 31.7. The molecule has 2 aromatic carbocycles. The maximum atomic E-state index is 13.7. The van der Waals surface area contributed by atoms with Crippen LogP contribution < -0.4 is 16.2 Å². The summed E-state index contributed by atoms with van der Waals surface area (Å²) in [6, 6.07) is 16.3. The van der Waals surface area contributed by atoms with E-state index in [0.29, 0.717) is 17.5 Å². The van der Waals surface area contributed by atoms with Crippen LogP contribution in [0.25, 0.3) is 0 Å². The van der Waals surface area contributed by atoms with Gasteiger partial charge in [-0.15, -0.1) is 5.48 Å². The van der Waals surface area contributed by atoms with Gasteiger partial charge in [-0.2, -0.15) is 0 Å². The lowest BCUT2D eigenvalue weighted by Gasteiger charge is -2.29. The average molecular weight is 593 g/mol. The summed E-state index contributed by atoms with van der Waals surface area (Å²) in [4.78, 5) is 71.2. The third-order valence-electron chi connectivity index (χ3n) is 7.37. The van der Waals surface area contributed by atoms with E-state index in [4.69, 9.17) is 4.84 Å². The minimum Gasteiger partial charge on any atom is -0.366 e. The van der Waals surface area contributed by atoms with Crippen molar-refractivity contribution in [1.82, 2.24) is 21.2 Å². The molecule has 10 heteroatoms. The standard InChI is InChI=1S/C33H44N4O6/c1-21(2)17-27(29(39)35-37(20-22(3)4)30(40)28(38)18-24-13-9-7-10-14-24)34-32(42)33(19-26(33)23(5)6)36-43-31(41)25-15-11-8-12-16-25/h7-16,21-23,26-27,36H,17-20H2,1-6H3,(H,34,42)(H,35,39)/t26?,27-,33-/m0/s1. The molecule has 1 unspecified atom stereocenters. The highest BCUT2D eigenvalue weighted by Gasteiger charge is 2.63. The SMILES string of the molecule is CC(C)C[C@H](NC(=O)[C@]1(NOC(=O)c2ccccc2)CC1C(C)C)C(=O)NN(CC(C)C)C(=O)C(=O)Cc1ccccc1. The number of nitrogens with one attached hydrogen (secondary N) is 3. The van der Waals surface area contributed by atoms with E-state index in [2.05, 4.69) is 16.2 Å². The first kappa shape index (κ1) is 33.5. The van der Waals surface area contributed by atoms with E-state index in [9.17, 15) is 24.0 Å². The van der Waals surface area contributed by atoms with E-state index in [1.807, 2.05) is 47.6 Å². The fourth-order valence-electron chi connectivity index (χ4n) is 5.04. The fourth-order valence-corrected chi connectivity index (χ4v) is 5.04. The second-order valence-electron chi connectivity index (χ2n) is 12.4. The minimum absolute atomic E-state index is 0.0185. The summed E-state index contributed by atoms with van der Waals surface area (Å²) in [5.74, 6) is -3.25. The fraction of sp³-hybridized carbons (Fsp3) is 0.485. The van der Waals surface area contributed by atoms with Crippen molar-refractivity contribution in [2.24, 2.45) is 23.7 Å². The van der Waals surface area contributed by atoms with Crippen LogP contribution in [0.4, 0.5) is 0 Å². The van der Waals surface area contributed by atoms with Crippen molar-refractivity contribution >= 4 is 29.5 Å². The number of benzene rings is 2. The molecule has 0 aromatic heterocycles. The zero-order valence-corrected chi connectivity index (χ0v) is 25.9. The molecule has 0 radical (unpaired) electrons. The van der Waals surface area contributed by atoms with Crippen molar-refractivity contribution in [2.45, 2.75) is 72.4 Å². The Morgan fingerprint density at radius 2 is 1.49 bits per heavy atom. The number of hydrogen-bond acceptors (Lipinski definition) is 7. The molecular formula is C33H44N4O6. The normalized spacial score (nSPS) is 18.2. The molecule has 3 N–H and O–H groups in total. The van der Waals surface area contributed by atoms with Gasteiger partial charge in [-0.3, -0.25) is 24.6 Å². The number of hydrazine groups is 1. The Hall–Kier alpha value is -4.05. The van der Waals surface area contributed by atoms with E-state index in [1.165, 1.54) is 0 Å². The van der Waals surface area contributed by atoms with Gasteiger partial charge in [0.05, 0.1) is 5.56 Å². The summed E-state index contributed by atoms with van der Waals surface area (Å²) in [5.41, 5.74) is 5.15. The number of Topliss-reactive ketones (excluding diaryl/α,β-unsaturated/α-hetero) is 1. The van der Waals surface area contributed by atoms with Crippen molar-refractivity contribution < 1.29 is 28.8 Å². The minimum atomic E-state index is -1.20. The number of rotatable bonds is 14. The van der Waals surface area contributed by atoms with Crippen molar-refractivity contribution in [3.05, 3.63) is 71.8 Å². The van der Waals surface area contributed by atoms with Gasteiger partial charge in [-0.25, -0.2) is 9.80 Å². The van der Waals surface area contributed by atoms with Crippen molar-refractivity contribution in [3.63, 3.8) is 0 Å². The van der Waals surface area contributed by atoms with Gasteiger partial charge < -0.3 is 10.2 Å². The molecule has 0 spiro atoms. The Morgan fingerprint density at radius 3 is 2.02 bits per heavy atom. The summed E-state index contributed by atoms with van der Waals surface area (Å²) in [5, 5.41) is 3.88. The largest absolute Gasteiger partial charge is 0.366 e. The van der Waals surface area contributed by atoms with Crippen LogP contribution in [0, 0.1) is 23.7 Å². The zero-order valence-electron chi connectivity index (χ0n) is 25.9. The second kappa shape index (κ2) is 14.9. The quantitative estimate of drug-likeness (QED) is 0.225. The predicted molar refractivity (Wildman–Crippen MR) is 162 cm³/mol. The number of nitrogens with zero attached hydrogens (tertiary/aromatic N) is 1. The van der Waals surface area contributed by atoms with Gasteiger partial charge >= 0.3 is 11.9 Å². The molecule has 3 rings (SSSR count). The van der Waals surface area contributed by atoms with Crippen LogP contribution in [-0.4, -0.2) is 52.6 Å². The summed E-state index contributed by atoms with van der Waals surface area (Å²) in [7, 11) is 0. The molecule has 0 heterocycles.